The number of amides is 3. The van der Waals surface area contributed by atoms with E-state index in [2.05, 4.69) is 10.2 Å². The summed E-state index contributed by atoms with van der Waals surface area (Å²) in [5.41, 5.74) is 1.12. The van der Waals surface area contributed by atoms with E-state index < -0.39 is 0 Å². The van der Waals surface area contributed by atoms with Gasteiger partial charge in [0.2, 0.25) is 5.91 Å². The van der Waals surface area contributed by atoms with Crippen molar-refractivity contribution in [2.45, 2.75) is 32.1 Å². The lowest BCUT2D eigenvalue weighted by Crippen LogP contribution is -2.41. The molecule has 6 nitrogen and oxygen atoms in total. The quantitative estimate of drug-likeness (QED) is 0.553. The lowest BCUT2D eigenvalue weighted by Gasteiger charge is -2.27. The minimum atomic E-state index is -0.273. The average molecular weight is 393 g/mol. The zero-order chi connectivity index (χ0) is 20.2. The van der Waals surface area contributed by atoms with Crippen molar-refractivity contribution in [1.82, 2.24) is 15.1 Å². The topological polar surface area (TPSA) is 69.7 Å². The molecule has 4 rings (SSSR count). The second-order valence-corrected chi connectivity index (χ2v) is 7.83. The Hall–Kier alpha value is -2.73. The number of rotatable bonds is 8. The van der Waals surface area contributed by atoms with Gasteiger partial charge in [-0.1, -0.05) is 24.3 Å². The summed E-state index contributed by atoms with van der Waals surface area (Å²) >= 11 is 0. The van der Waals surface area contributed by atoms with Crippen LogP contribution in [0.2, 0.25) is 0 Å². The second-order valence-electron chi connectivity index (χ2n) is 7.83. The van der Waals surface area contributed by atoms with Gasteiger partial charge in [0, 0.05) is 36.0 Å². The van der Waals surface area contributed by atoms with E-state index in [-0.39, 0.29) is 24.3 Å². The minimum absolute atomic E-state index is 0.0224. The van der Waals surface area contributed by atoms with Crippen molar-refractivity contribution in [3.8, 4) is 0 Å². The van der Waals surface area contributed by atoms with Gasteiger partial charge in [-0.25, -0.2) is 0 Å². The molecule has 0 aliphatic carbocycles. The van der Waals surface area contributed by atoms with Crippen LogP contribution in [0.4, 0.5) is 0 Å². The van der Waals surface area contributed by atoms with Gasteiger partial charge in [-0.15, -0.1) is 0 Å². The third-order valence-corrected chi connectivity index (χ3v) is 5.81. The zero-order valence-corrected chi connectivity index (χ0v) is 16.7. The molecule has 3 amide bonds. The Morgan fingerprint density at radius 3 is 2.21 bits per heavy atom. The van der Waals surface area contributed by atoms with Crippen molar-refractivity contribution < 1.29 is 14.4 Å². The van der Waals surface area contributed by atoms with E-state index in [1.165, 1.54) is 30.8 Å². The third kappa shape index (κ3) is 4.17. The lowest BCUT2D eigenvalue weighted by molar-refractivity contribution is -0.121. The Labute approximate surface area is 170 Å². The van der Waals surface area contributed by atoms with Gasteiger partial charge in [0.15, 0.2) is 0 Å². The molecular formula is C23H27N3O3. The first kappa shape index (κ1) is 19.6. The number of imide groups is 1. The molecule has 6 heteroatoms. The van der Waals surface area contributed by atoms with E-state index in [4.69, 9.17) is 0 Å². The molecule has 2 aromatic carbocycles. The van der Waals surface area contributed by atoms with Crippen LogP contribution in [0.3, 0.4) is 0 Å². The number of carbonyl (C=O) groups is 3. The maximum atomic E-state index is 12.8. The van der Waals surface area contributed by atoms with Crippen LogP contribution < -0.4 is 5.32 Å². The Bertz CT molecular complexity index is 883. The first-order valence-electron chi connectivity index (χ1n) is 10.5. The highest BCUT2D eigenvalue weighted by atomic mass is 16.2. The van der Waals surface area contributed by atoms with Crippen molar-refractivity contribution in [3.63, 3.8) is 0 Å². The number of hydrogen-bond acceptors (Lipinski definition) is 4. The summed E-state index contributed by atoms with van der Waals surface area (Å²) in [5, 5.41) is 4.58. The second kappa shape index (κ2) is 8.74. The van der Waals surface area contributed by atoms with E-state index in [9.17, 15) is 14.4 Å². The molecule has 1 N–H and O–H groups in total. The van der Waals surface area contributed by atoms with Crippen molar-refractivity contribution in [1.29, 1.82) is 0 Å². The number of carbonyl (C=O) groups excluding carboxylic acids is 3. The predicted octanol–water partition coefficient (Wildman–Crippen LogP) is 2.82. The number of nitrogens with one attached hydrogen (secondary N) is 1. The van der Waals surface area contributed by atoms with Crippen LogP contribution in [0.15, 0.2) is 36.4 Å². The fourth-order valence-electron chi connectivity index (χ4n) is 4.31. The van der Waals surface area contributed by atoms with Gasteiger partial charge in [-0.05, 0) is 62.8 Å². The SMILES string of the molecule is O=C(CCCN1C(=O)c2cccc3cccc(c23)C1=O)NCCCN1CCCC1. The molecule has 0 radical (unpaired) electrons. The average Bonchev–Trinajstić information content (AvgIpc) is 3.25. The maximum absolute atomic E-state index is 12.8. The lowest BCUT2D eigenvalue weighted by atomic mass is 9.94. The Morgan fingerprint density at radius 1 is 0.897 bits per heavy atom. The van der Waals surface area contributed by atoms with Gasteiger partial charge >= 0.3 is 0 Å². The highest BCUT2D eigenvalue weighted by Crippen LogP contribution is 2.30. The van der Waals surface area contributed by atoms with Gasteiger partial charge in [-0.3, -0.25) is 19.3 Å². The minimum Gasteiger partial charge on any atom is -0.356 e. The van der Waals surface area contributed by atoms with E-state index in [1.807, 2.05) is 24.3 Å². The molecule has 2 aliphatic rings. The molecule has 0 aromatic heterocycles. The Kier molecular flexibility index (Phi) is 5.90. The van der Waals surface area contributed by atoms with E-state index >= 15 is 0 Å². The smallest absolute Gasteiger partial charge is 0.261 e. The summed E-state index contributed by atoms with van der Waals surface area (Å²) in [6.07, 6.45) is 4.29. The van der Waals surface area contributed by atoms with Gasteiger partial charge in [-0.2, -0.15) is 0 Å². The molecule has 152 valence electrons. The molecule has 0 bridgehead atoms. The molecule has 0 spiro atoms. The van der Waals surface area contributed by atoms with Gasteiger partial charge < -0.3 is 10.2 Å². The fraction of sp³-hybridized carbons (Fsp3) is 0.435. The van der Waals surface area contributed by atoms with Crippen molar-refractivity contribution in [3.05, 3.63) is 47.5 Å². The number of nitrogens with zero attached hydrogens (tertiary/aromatic N) is 2. The van der Waals surface area contributed by atoms with Crippen LogP contribution in [0, 0.1) is 0 Å². The molecular weight excluding hydrogens is 366 g/mol. The summed E-state index contributed by atoms with van der Waals surface area (Å²) in [6.45, 7) is 4.29. The molecule has 1 saturated heterocycles. The summed E-state index contributed by atoms with van der Waals surface area (Å²) in [4.78, 5) is 41.4. The molecule has 0 unspecified atom stereocenters. The van der Waals surface area contributed by atoms with Crippen molar-refractivity contribution in [2.75, 3.05) is 32.7 Å². The van der Waals surface area contributed by atoms with Crippen LogP contribution in [-0.4, -0.2) is 60.2 Å². The van der Waals surface area contributed by atoms with Crippen LogP contribution in [-0.2, 0) is 4.79 Å². The highest BCUT2D eigenvalue weighted by molar-refractivity contribution is 6.25. The third-order valence-electron chi connectivity index (χ3n) is 5.81. The zero-order valence-electron chi connectivity index (χ0n) is 16.7. The molecule has 2 aliphatic heterocycles. The predicted molar refractivity (Wildman–Crippen MR) is 112 cm³/mol. The number of benzene rings is 2. The molecule has 2 aromatic rings. The van der Waals surface area contributed by atoms with Gasteiger partial charge in [0.05, 0.1) is 0 Å². The van der Waals surface area contributed by atoms with Crippen LogP contribution in [0.25, 0.3) is 10.8 Å². The maximum Gasteiger partial charge on any atom is 0.261 e. The molecule has 1 fully saturated rings. The largest absolute Gasteiger partial charge is 0.356 e. The molecule has 29 heavy (non-hydrogen) atoms. The van der Waals surface area contributed by atoms with Crippen LogP contribution >= 0.6 is 0 Å². The Morgan fingerprint density at radius 2 is 1.55 bits per heavy atom. The standard InChI is InChI=1S/C23H27N3O3/c27-20(24-12-6-15-25-13-1-2-14-25)11-5-16-26-22(28)18-9-3-7-17-8-4-10-19(21(17)18)23(26)29/h3-4,7-10H,1-2,5-6,11-16H2,(H,24,27). The summed E-state index contributed by atoms with van der Waals surface area (Å²) in [5.74, 6) is -0.568. The summed E-state index contributed by atoms with van der Waals surface area (Å²) < 4.78 is 0. The van der Waals surface area contributed by atoms with E-state index in [0.717, 1.165) is 23.7 Å². The number of hydrogen-bond donors (Lipinski definition) is 1. The van der Waals surface area contributed by atoms with E-state index in [1.54, 1.807) is 12.1 Å². The summed E-state index contributed by atoms with van der Waals surface area (Å²) in [6, 6.07) is 11.0. The first-order valence-corrected chi connectivity index (χ1v) is 10.5. The van der Waals surface area contributed by atoms with Gasteiger partial charge in [0.1, 0.15) is 0 Å². The summed E-state index contributed by atoms with van der Waals surface area (Å²) in [7, 11) is 0. The monoisotopic (exact) mass is 393 g/mol. The fourth-order valence-corrected chi connectivity index (χ4v) is 4.31. The van der Waals surface area contributed by atoms with Crippen molar-refractivity contribution in [2.24, 2.45) is 0 Å². The normalized spacial score (nSPS) is 16.6. The van der Waals surface area contributed by atoms with Gasteiger partial charge in [0.25, 0.3) is 11.8 Å². The first-order chi connectivity index (χ1) is 14.1. The highest BCUT2D eigenvalue weighted by Gasteiger charge is 2.32. The number of likely N-dealkylation sites (tertiary alicyclic amines) is 1. The van der Waals surface area contributed by atoms with Crippen LogP contribution in [0.5, 0.6) is 0 Å². The van der Waals surface area contributed by atoms with Crippen LogP contribution in [0.1, 0.15) is 52.8 Å². The molecule has 0 saturated carbocycles. The van der Waals surface area contributed by atoms with Crippen molar-refractivity contribution >= 4 is 28.5 Å². The Balaban J connectivity index is 1.27. The van der Waals surface area contributed by atoms with E-state index in [0.29, 0.717) is 30.5 Å². The molecule has 0 atom stereocenters. The molecule has 2 heterocycles.